The zero-order valence-corrected chi connectivity index (χ0v) is 14.0. The first-order chi connectivity index (χ1) is 12.2. The number of carbonyl (C=O) groups is 1. The summed E-state index contributed by atoms with van der Waals surface area (Å²) in [6.07, 6.45) is 1.35. The van der Waals surface area contributed by atoms with Gasteiger partial charge in [0.25, 0.3) is 5.91 Å². The largest absolute Gasteiger partial charge is 0.495 e. The summed E-state index contributed by atoms with van der Waals surface area (Å²) in [5.41, 5.74) is 2.82. The topological polar surface area (TPSA) is 76.1 Å². The van der Waals surface area contributed by atoms with Crippen molar-refractivity contribution in [2.75, 3.05) is 17.7 Å². The van der Waals surface area contributed by atoms with Crippen molar-refractivity contribution in [2.24, 2.45) is 0 Å². The van der Waals surface area contributed by atoms with Crippen LogP contribution in [-0.2, 0) is 0 Å². The molecule has 0 bridgehead atoms. The number of anilines is 3. The molecule has 25 heavy (non-hydrogen) atoms. The lowest BCUT2D eigenvalue weighted by atomic mass is 10.2. The number of hydrogen-bond donors (Lipinski definition) is 2. The van der Waals surface area contributed by atoms with E-state index in [2.05, 4.69) is 20.6 Å². The van der Waals surface area contributed by atoms with Crippen molar-refractivity contribution in [3.63, 3.8) is 0 Å². The molecule has 0 saturated carbocycles. The van der Waals surface area contributed by atoms with E-state index in [1.54, 1.807) is 13.2 Å². The van der Waals surface area contributed by atoms with E-state index in [9.17, 15) is 4.79 Å². The molecule has 3 rings (SSSR count). The number of nitrogens with one attached hydrogen (secondary N) is 2. The van der Waals surface area contributed by atoms with Crippen LogP contribution in [0.4, 0.5) is 17.2 Å². The van der Waals surface area contributed by atoms with Crippen molar-refractivity contribution in [3.8, 4) is 5.75 Å². The SMILES string of the molecule is COc1ccccc1Nc1cc(C(=O)Nc2cccc(C)c2)ncn1. The molecule has 0 spiro atoms. The summed E-state index contributed by atoms with van der Waals surface area (Å²) in [4.78, 5) is 20.6. The highest BCUT2D eigenvalue weighted by Crippen LogP contribution is 2.26. The smallest absolute Gasteiger partial charge is 0.274 e. The summed E-state index contributed by atoms with van der Waals surface area (Å²) in [6.45, 7) is 1.97. The van der Waals surface area contributed by atoms with Crippen LogP contribution in [0.2, 0.25) is 0 Å². The van der Waals surface area contributed by atoms with Gasteiger partial charge in [-0.05, 0) is 36.8 Å². The van der Waals surface area contributed by atoms with Crippen molar-refractivity contribution < 1.29 is 9.53 Å². The molecule has 0 radical (unpaired) electrons. The van der Waals surface area contributed by atoms with E-state index in [4.69, 9.17) is 4.74 Å². The molecule has 0 aliphatic carbocycles. The number of para-hydroxylation sites is 2. The highest BCUT2D eigenvalue weighted by atomic mass is 16.5. The lowest BCUT2D eigenvalue weighted by Gasteiger charge is -2.11. The van der Waals surface area contributed by atoms with Gasteiger partial charge in [0.05, 0.1) is 12.8 Å². The molecule has 1 aromatic heterocycles. The number of methoxy groups -OCH3 is 1. The van der Waals surface area contributed by atoms with Gasteiger partial charge in [-0.2, -0.15) is 0 Å². The summed E-state index contributed by atoms with van der Waals surface area (Å²) in [5.74, 6) is 0.900. The highest BCUT2D eigenvalue weighted by molar-refractivity contribution is 6.03. The fourth-order valence-electron chi connectivity index (χ4n) is 2.35. The third kappa shape index (κ3) is 4.11. The fraction of sp³-hybridized carbons (Fsp3) is 0.105. The molecular weight excluding hydrogens is 316 g/mol. The Kier molecular flexibility index (Phi) is 4.89. The van der Waals surface area contributed by atoms with E-state index >= 15 is 0 Å². The van der Waals surface area contributed by atoms with Crippen LogP contribution in [0.5, 0.6) is 5.75 Å². The quantitative estimate of drug-likeness (QED) is 0.742. The third-order valence-corrected chi connectivity index (χ3v) is 3.55. The number of nitrogens with zero attached hydrogens (tertiary/aromatic N) is 2. The average Bonchev–Trinajstić information content (AvgIpc) is 2.62. The molecular formula is C19H18N4O2. The number of hydrogen-bond acceptors (Lipinski definition) is 5. The van der Waals surface area contributed by atoms with Gasteiger partial charge < -0.3 is 15.4 Å². The maximum atomic E-state index is 12.4. The van der Waals surface area contributed by atoms with Crippen molar-refractivity contribution in [1.82, 2.24) is 9.97 Å². The first-order valence-electron chi connectivity index (χ1n) is 7.76. The van der Waals surface area contributed by atoms with Crippen molar-refractivity contribution >= 4 is 23.1 Å². The monoisotopic (exact) mass is 334 g/mol. The molecule has 6 nitrogen and oxygen atoms in total. The highest BCUT2D eigenvalue weighted by Gasteiger charge is 2.10. The second-order valence-electron chi connectivity index (χ2n) is 5.44. The van der Waals surface area contributed by atoms with Gasteiger partial charge in [0.15, 0.2) is 0 Å². The molecule has 1 heterocycles. The molecule has 0 fully saturated rings. The molecule has 0 atom stereocenters. The van der Waals surface area contributed by atoms with Crippen LogP contribution in [0.15, 0.2) is 60.9 Å². The first kappa shape index (κ1) is 16.4. The van der Waals surface area contributed by atoms with Crippen molar-refractivity contribution in [2.45, 2.75) is 6.92 Å². The van der Waals surface area contributed by atoms with E-state index < -0.39 is 0 Å². The second kappa shape index (κ2) is 7.44. The Morgan fingerprint density at radius 3 is 2.68 bits per heavy atom. The first-order valence-corrected chi connectivity index (χ1v) is 7.76. The van der Waals surface area contributed by atoms with Crippen LogP contribution in [0.3, 0.4) is 0 Å². The number of carbonyl (C=O) groups excluding carboxylic acids is 1. The number of rotatable bonds is 5. The molecule has 2 N–H and O–H groups in total. The minimum atomic E-state index is -0.295. The zero-order chi connectivity index (χ0) is 17.6. The molecule has 6 heteroatoms. The van der Waals surface area contributed by atoms with E-state index in [0.717, 1.165) is 16.9 Å². The van der Waals surface area contributed by atoms with Crippen LogP contribution in [0.25, 0.3) is 0 Å². The molecule has 0 aliphatic heterocycles. The van der Waals surface area contributed by atoms with Crippen LogP contribution in [-0.4, -0.2) is 23.0 Å². The van der Waals surface area contributed by atoms with Crippen LogP contribution in [0.1, 0.15) is 16.1 Å². The Hall–Kier alpha value is -3.41. The van der Waals surface area contributed by atoms with Gasteiger partial charge in [0, 0.05) is 11.8 Å². The molecule has 0 saturated heterocycles. The van der Waals surface area contributed by atoms with Crippen LogP contribution < -0.4 is 15.4 Å². The van der Waals surface area contributed by atoms with Gasteiger partial charge in [-0.3, -0.25) is 4.79 Å². The number of aromatic nitrogens is 2. The Morgan fingerprint density at radius 1 is 1.04 bits per heavy atom. The van der Waals surface area contributed by atoms with Crippen LogP contribution >= 0.6 is 0 Å². The normalized spacial score (nSPS) is 10.2. The van der Waals surface area contributed by atoms with E-state index in [-0.39, 0.29) is 11.6 Å². The Balaban J connectivity index is 1.78. The van der Waals surface area contributed by atoms with Gasteiger partial charge in [-0.1, -0.05) is 24.3 Å². The predicted molar refractivity (Wildman–Crippen MR) is 97.4 cm³/mol. The summed E-state index contributed by atoms with van der Waals surface area (Å²) >= 11 is 0. The molecule has 2 aromatic carbocycles. The number of aryl methyl sites for hydroxylation is 1. The van der Waals surface area contributed by atoms with Gasteiger partial charge in [0.2, 0.25) is 0 Å². The van der Waals surface area contributed by atoms with Crippen molar-refractivity contribution in [1.29, 1.82) is 0 Å². The molecule has 1 amide bonds. The number of ether oxygens (including phenoxy) is 1. The molecule has 126 valence electrons. The second-order valence-corrected chi connectivity index (χ2v) is 5.44. The Bertz CT molecular complexity index is 896. The summed E-state index contributed by atoms with van der Waals surface area (Å²) < 4.78 is 5.30. The lowest BCUT2D eigenvalue weighted by molar-refractivity contribution is 0.102. The summed E-state index contributed by atoms with van der Waals surface area (Å²) in [6, 6.07) is 16.7. The Labute approximate surface area is 145 Å². The minimum Gasteiger partial charge on any atom is -0.495 e. The predicted octanol–water partition coefficient (Wildman–Crippen LogP) is 3.79. The van der Waals surface area contributed by atoms with Gasteiger partial charge >= 0.3 is 0 Å². The standard InChI is InChI=1S/C19H18N4O2/c1-13-6-5-7-14(10-13)22-19(24)16-11-18(21-12-20-16)23-15-8-3-4-9-17(15)25-2/h3-12H,1-2H3,(H,22,24)(H,20,21,23). The maximum Gasteiger partial charge on any atom is 0.274 e. The maximum absolute atomic E-state index is 12.4. The van der Waals surface area contributed by atoms with Crippen molar-refractivity contribution in [3.05, 3.63) is 72.2 Å². The van der Waals surface area contributed by atoms with E-state index in [0.29, 0.717) is 11.6 Å². The summed E-state index contributed by atoms with van der Waals surface area (Å²) in [5, 5.41) is 5.97. The molecule has 0 aliphatic rings. The lowest BCUT2D eigenvalue weighted by Crippen LogP contribution is -2.14. The van der Waals surface area contributed by atoms with Gasteiger partial charge in [-0.25, -0.2) is 9.97 Å². The zero-order valence-electron chi connectivity index (χ0n) is 14.0. The minimum absolute atomic E-state index is 0.272. The third-order valence-electron chi connectivity index (χ3n) is 3.55. The van der Waals surface area contributed by atoms with Crippen LogP contribution in [0, 0.1) is 6.92 Å². The summed E-state index contributed by atoms with van der Waals surface area (Å²) in [7, 11) is 1.60. The van der Waals surface area contributed by atoms with Gasteiger partial charge in [-0.15, -0.1) is 0 Å². The Morgan fingerprint density at radius 2 is 1.88 bits per heavy atom. The fourth-order valence-corrected chi connectivity index (χ4v) is 2.35. The molecule has 0 unspecified atom stereocenters. The van der Waals surface area contributed by atoms with E-state index in [1.165, 1.54) is 6.33 Å². The van der Waals surface area contributed by atoms with E-state index in [1.807, 2.05) is 55.5 Å². The van der Waals surface area contributed by atoms with Gasteiger partial charge in [0.1, 0.15) is 23.6 Å². The average molecular weight is 334 g/mol. The number of benzene rings is 2. The molecule has 3 aromatic rings. The number of amides is 1.